The Morgan fingerprint density at radius 3 is 2.38 bits per heavy atom. The van der Waals surface area contributed by atoms with Crippen LogP contribution in [0.25, 0.3) is 0 Å². The summed E-state index contributed by atoms with van der Waals surface area (Å²) in [5, 5.41) is 0. The van der Waals surface area contributed by atoms with Crippen molar-refractivity contribution in [3.05, 3.63) is 84.3 Å². The van der Waals surface area contributed by atoms with Gasteiger partial charge in [0, 0.05) is 26.2 Å². The third kappa shape index (κ3) is 3.99. The van der Waals surface area contributed by atoms with Crippen LogP contribution in [0.5, 0.6) is 5.75 Å². The number of hydrogen-bond acceptors (Lipinski definition) is 5. The van der Waals surface area contributed by atoms with E-state index in [4.69, 9.17) is 9.15 Å². The predicted octanol–water partition coefficient (Wildman–Crippen LogP) is 3.20. The SMILES string of the molecule is O=C(c1ccco1)N1CCN(CC(=O)N2c3ccccc3OC[C@H]2c2ccccc2)CC1. The molecule has 1 saturated heterocycles. The lowest BCUT2D eigenvalue weighted by molar-refractivity contribution is -0.121. The number of nitrogens with zero attached hydrogens (tertiary/aromatic N) is 3. The highest BCUT2D eigenvalue weighted by atomic mass is 16.5. The van der Waals surface area contributed by atoms with Crippen molar-refractivity contribution in [2.45, 2.75) is 6.04 Å². The van der Waals surface area contributed by atoms with Crippen molar-refractivity contribution in [3.63, 3.8) is 0 Å². The lowest BCUT2D eigenvalue weighted by Crippen LogP contribution is -2.52. The van der Waals surface area contributed by atoms with E-state index in [1.165, 1.54) is 6.26 Å². The van der Waals surface area contributed by atoms with Gasteiger partial charge in [-0.3, -0.25) is 19.4 Å². The summed E-state index contributed by atoms with van der Waals surface area (Å²) in [6.45, 7) is 3.11. The molecule has 2 aliphatic heterocycles. The highest BCUT2D eigenvalue weighted by Crippen LogP contribution is 2.39. The summed E-state index contributed by atoms with van der Waals surface area (Å²) in [5.74, 6) is 1.000. The summed E-state index contributed by atoms with van der Waals surface area (Å²) in [6, 6.07) is 20.9. The molecule has 7 heteroatoms. The fourth-order valence-electron chi connectivity index (χ4n) is 4.35. The third-order valence-corrected chi connectivity index (χ3v) is 6.04. The molecule has 3 heterocycles. The van der Waals surface area contributed by atoms with Gasteiger partial charge in [-0.05, 0) is 29.8 Å². The zero-order valence-corrected chi connectivity index (χ0v) is 17.7. The number of piperazine rings is 1. The maximum atomic E-state index is 13.5. The van der Waals surface area contributed by atoms with Crippen molar-refractivity contribution >= 4 is 17.5 Å². The van der Waals surface area contributed by atoms with E-state index in [0.717, 1.165) is 17.0 Å². The zero-order valence-electron chi connectivity index (χ0n) is 17.7. The van der Waals surface area contributed by atoms with Gasteiger partial charge in [0.2, 0.25) is 5.91 Å². The molecule has 5 rings (SSSR count). The summed E-state index contributed by atoms with van der Waals surface area (Å²) in [6.07, 6.45) is 1.51. The largest absolute Gasteiger partial charge is 0.489 e. The van der Waals surface area contributed by atoms with Crippen LogP contribution in [-0.2, 0) is 4.79 Å². The van der Waals surface area contributed by atoms with Crippen molar-refractivity contribution in [3.8, 4) is 5.75 Å². The molecule has 0 radical (unpaired) electrons. The molecule has 1 aromatic heterocycles. The second-order valence-corrected chi connectivity index (χ2v) is 8.01. The Kier molecular flexibility index (Phi) is 5.64. The lowest BCUT2D eigenvalue weighted by Gasteiger charge is -2.39. The van der Waals surface area contributed by atoms with Crippen molar-refractivity contribution in [2.24, 2.45) is 0 Å². The Hall–Kier alpha value is -3.58. The molecule has 0 saturated carbocycles. The second-order valence-electron chi connectivity index (χ2n) is 8.01. The topological polar surface area (TPSA) is 66.2 Å². The number of para-hydroxylation sites is 2. The van der Waals surface area contributed by atoms with Gasteiger partial charge in [-0.15, -0.1) is 0 Å². The van der Waals surface area contributed by atoms with Crippen molar-refractivity contribution in [1.29, 1.82) is 0 Å². The van der Waals surface area contributed by atoms with Gasteiger partial charge in [0.1, 0.15) is 12.4 Å². The molecular weight excluding hydrogens is 406 g/mol. The number of fused-ring (bicyclic) bond motifs is 1. The van der Waals surface area contributed by atoms with Gasteiger partial charge in [-0.1, -0.05) is 42.5 Å². The van der Waals surface area contributed by atoms with Crippen molar-refractivity contribution < 1.29 is 18.7 Å². The molecule has 2 aromatic carbocycles. The fourth-order valence-corrected chi connectivity index (χ4v) is 4.35. The first-order valence-electron chi connectivity index (χ1n) is 10.8. The normalized spacial score (nSPS) is 18.7. The van der Waals surface area contributed by atoms with Crippen LogP contribution in [0.3, 0.4) is 0 Å². The van der Waals surface area contributed by atoms with Crippen LogP contribution in [0.15, 0.2) is 77.4 Å². The van der Waals surface area contributed by atoms with Gasteiger partial charge < -0.3 is 14.1 Å². The number of hydrogen-bond donors (Lipinski definition) is 0. The van der Waals surface area contributed by atoms with Crippen molar-refractivity contribution in [2.75, 3.05) is 44.2 Å². The standard InChI is InChI=1S/C25H25N3O4/c29-24(17-26-12-14-27(15-13-26)25(30)23-11-6-16-31-23)28-20-9-4-5-10-22(20)32-18-21(28)19-7-2-1-3-8-19/h1-11,16,21H,12-15,17-18H2/t21-/m0/s1. The van der Waals surface area contributed by atoms with E-state index in [1.807, 2.05) is 59.5 Å². The molecule has 0 bridgehead atoms. The number of carbonyl (C=O) groups excluding carboxylic acids is 2. The van der Waals surface area contributed by atoms with E-state index >= 15 is 0 Å². The molecule has 32 heavy (non-hydrogen) atoms. The van der Waals surface area contributed by atoms with Crippen LogP contribution >= 0.6 is 0 Å². The van der Waals surface area contributed by atoms with Gasteiger partial charge in [0.05, 0.1) is 24.5 Å². The number of ether oxygens (including phenoxy) is 1. The Morgan fingerprint density at radius 2 is 1.62 bits per heavy atom. The number of carbonyl (C=O) groups is 2. The molecule has 0 aliphatic carbocycles. The molecule has 1 fully saturated rings. The van der Waals surface area contributed by atoms with Crippen molar-refractivity contribution in [1.82, 2.24) is 9.80 Å². The number of rotatable bonds is 4. The predicted molar refractivity (Wildman–Crippen MR) is 120 cm³/mol. The van der Waals surface area contributed by atoms with Gasteiger partial charge in [-0.2, -0.15) is 0 Å². The Morgan fingerprint density at radius 1 is 0.875 bits per heavy atom. The minimum Gasteiger partial charge on any atom is -0.489 e. The molecule has 0 spiro atoms. The van der Waals surface area contributed by atoms with E-state index < -0.39 is 0 Å². The monoisotopic (exact) mass is 431 g/mol. The summed E-state index contributed by atoms with van der Waals surface area (Å²) in [4.78, 5) is 31.8. The van der Waals surface area contributed by atoms with E-state index in [1.54, 1.807) is 17.0 Å². The Labute approximate surface area is 186 Å². The molecule has 2 amide bonds. The van der Waals surface area contributed by atoms with Gasteiger partial charge in [0.25, 0.3) is 5.91 Å². The first-order valence-corrected chi connectivity index (χ1v) is 10.8. The molecule has 0 N–H and O–H groups in total. The van der Waals surface area contributed by atoms with Crippen LogP contribution < -0.4 is 9.64 Å². The molecule has 7 nitrogen and oxygen atoms in total. The summed E-state index contributed by atoms with van der Waals surface area (Å²) in [5.41, 5.74) is 1.84. The minimum atomic E-state index is -0.180. The number of furan rings is 1. The maximum Gasteiger partial charge on any atom is 0.289 e. The molecule has 2 aliphatic rings. The van der Waals surface area contributed by atoms with Crippen LogP contribution in [0.1, 0.15) is 22.2 Å². The highest BCUT2D eigenvalue weighted by Gasteiger charge is 2.34. The van der Waals surface area contributed by atoms with E-state index in [-0.39, 0.29) is 17.9 Å². The first kappa shape index (κ1) is 20.3. The van der Waals surface area contributed by atoms with E-state index in [9.17, 15) is 9.59 Å². The number of benzene rings is 2. The van der Waals surface area contributed by atoms with Crippen LogP contribution in [0, 0.1) is 0 Å². The summed E-state index contributed by atoms with van der Waals surface area (Å²) < 4.78 is 11.2. The smallest absolute Gasteiger partial charge is 0.289 e. The fraction of sp³-hybridized carbons (Fsp3) is 0.280. The average Bonchev–Trinajstić information content (AvgIpc) is 3.39. The molecule has 164 valence electrons. The number of anilines is 1. The van der Waals surface area contributed by atoms with Crippen LogP contribution in [-0.4, -0.2) is 60.9 Å². The molecule has 1 atom stereocenters. The molecule has 3 aromatic rings. The van der Waals surface area contributed by atoms with Gasteiger partial charge >= 0.3 is 0 Å². The molecular formula is C25H25N3O4. The van der Waals surface area contributed by atoms with E-state index in [2.05, 4.69) is 4.90 Å². The lowest BCUT2D eigenvalue weighted by atomic mass is 10.0. The summed E-state index contributed by atoms with van der Waals surface area (Å²) >= 11 is 0. The zero-order chi connectivity index (χ0) is 21.9. The van der Waals surface area contributed by atoms with Crippen LogP contribution in [0.4, 0.5) is 5.69 Å². The van der Waals surface area contributed by atoms with Crippen LogP contribution in [0.2, 0.25) is 0 Å². The number of amides is 2. The Bertz CT molecular complexity index is 1080. The second kappa shape index (κ2) is 8.88. The minimum absolute atomic E-state index is 0.0282. The molecule has 0 unspecified atom stereocenters. The van der Waals surface area contributed by atoms with Gasteiger partial charge in [-0.25, -0.2) is 0 Å². The third-order valence-electron chi connectivity index (χ3n) is 6.04. The first-order chi connectivity index (χ1) is 15.7. The van der Waals surface area contributed by atoms with E-state index in [0.29, 0.717) is 45.1 Å². The Balaban J connectivity index is 1.30. The summed E-state index contributed by atoms with van der Waals surface area (Å²) in [7, 11) is 0. The highest BCUT2D eigenvalue weighted by molar-refractivity contribution is 5.97. The maximum absolute atomic E-state index is 13.5. The average molecular weight is 431 g/mol. The van der Waals surface area contributed by atoms with Gasteiger partial charge in [0.15, 0.2) is 5.76 Å². The quantitative estimate of drug-likeness (QED) is 0.635.